The van der Waals surface area contributed by atoms with Gasteiger partial charge in [-0.05, 0) is 55.7 Å². The molecule has 10 nitrogen and oxygen atoms in total. The van der Waals surface area contributed by atoms with Gasteiger partial charge in [0.25, 0.3) is 0 Å². The molecule has 0 radical (unpaired) electrons. The Morgan fingerprint density at radius 3 is 2.26 bits per heavy atom. The van der Waals surface area contributed by atoms with Crippen molar-refractivity contribution in [1.29, 1.82) is 0 Å². The van der Waals surface area contributed by atoms with Crippen molar-refractivity contribution in [2.24, 2.45) is 0 Å². The Bertz CT molecular complexity index is 1230. The number of benzene rings is 2. The van der Waals surface area contributed by atoms with E-state index in [4.69, 9.17) is 9.47 Å². The number of carboxylic acid groups (broad SMARTS) is 1. The molecule has 1 fully saturated rings. The number of phenolic OH excluding ortho intramolecular Hbond substituents is 2. The fourth-order valence-corrected chi connectivity index (χ4v) is 4.23. The Balaban J connectivity index is 2.04. The molecule has 0 saturated carbocycles. The third-order valence-corrected chi connectivity index (χ3v) is 6.34. The number of rotatable bonds is 9. The number of phenols is 2. The Kier molecular flexibility index (Phi) is 9.29. The van der Waals surface area contributed by atoms with Crippen LogP contribution < -0.4 is 4.74 Å². The average molecular weight is 529 g/mol. The normalized spacial score (nSPS) is 23.3. The Labute approximate surface area is 219 Å². The van der Waals surface area contributed by atoms with Gasteiger partial charge in [0.05, 0.1) is 13.2 Å². The minimum atomic E-state index is -1.83. The van der Waals surface area contributed by atoms with Crippen LogP contribution in [0.1, 0.15) is 40.9 Å². The number of methoxy groups -OCH3 is 1. The summed E-state index contributed by atoms with van der Waals surface area (Å²) in [5.41, 5.74) is 2.22. The molecule has 2 aromatic carbocycles. The van der Waals surface area contributed by atoms with E-state index >= 15 is 0 Å². The van der Waals surface area contributed by atoms with E-state index in [2.05, 4.69) is 0 Å². The molecule has 0 aromatic heterocycles. The van der Waals surface area contributed by atoms with Crippen LogP contribution in [-0.4, -0.2) is 80.0 Å². The van der Waals surface area contributed by atoms with Gasteiger partial charge in [0, 0.05) is 12.0 Å². The molecule has 5 atom stereocenters. The molecule has 1 aliphatic heterocycles. The summed E-state index contributed by atoms with van der Waals surface area (Å²) in [4.78, 5) is 24.7. The van der Waals surface area contributed by atoms with E-state index in [0.29, 0.717) is 16.7 Å². The second-order valence-corrected chi connectivity index (χ2v) is 9.32. The zero-order valence-corrected chi connectivity index (χ0v) is 21.2. The second kappa shape index (κ2) is 12.2. The van der Waals surface area contributed by atoms with Gasteiger partial charge in [-0.1, -0.05) is 29.9 Å². The summed E-state index contributed by atoms with van der Waals surface area (Å²) in [6.45, 7) is 3.71. The standard InChI is InChI=1S/C28H32O10/c1-14(2)4-10-18-16(13-21-24(32)25(33)26(34)27(38-21)28(35)36)12-20(37-3)22(23(18)31)19(30)11-7-15-5-8-17(29)9-6-15/h4-9,11-12,21,24-27,29,31-34H,10,13H2,1-3H3,(H,35,36)/b11-7+/t21-,24+,25-,26-,27+/m0/s1. The van der Waals surface area contributed by atoms with E-state index in [1.807, 2.05) is 19.9 Å². The molecule has 2 aromatic rings. The molecule has 0 bridgehead atoms. The van der Waals surface area contributed by atoms with E-state index in [9.17, 15) is 40.2 Å². The lowest BCUT2D eigenvalue weighted by Gasteiger charge is -2.39. The number of carbonyl (C=O) groups is 2. The first kappa shape index (κ1) is 28.9. The number of hydrogen-bond acceptors (Lipinski definition) is 9. The maximum atomic E-state index is 13.1. The van der Waals surface area contributed by atoms with Crippen LogP contribution in [0.25, 0.3) is 6.08 Å². The number of aliphatic carboxylic acids is 1. The van der Waals surface area contributed by atoms with Crippen LogP contribution in [0.15, 0.2) is 48.1 Å². The number of ketones is 1. The SMILES string of the molecule is COc1cc(C[C@@H]2O[C@@H](C(=O)O)[C@@H](O)[C@@H](O)[C@@H]2O)c(CC=C(C)C)c(O)c1C(=O)/C=C/c1ccc(O)cc1. The monoisotopic (exact) mass is 528 g/mol. The maximum Gasteiger partial charge on any atom is 0.335 e. The van der Waals surface area contributed by atoms with Crippen molar-refractivity contribution in [3.05, 3.63) is 70.3 Å². The van der Waals surface area contributed by atoms with Gasteiger partial charge in [0.2, 0.25) is 0 Å². The quantitative estimate of drug-likeness (QED) is 0.160. The van der Waals surface area contributed by atoms with Crippen molar-refractivity contribution >= 4 is 17.8 Å². The minimum absolute atomic E-state index is 0.0412. The third-order valence-electron chi connectivity index (χ3n) is 6.34. The van der Waals surface area contributed by atoms with Crippen LogP contribution in [0.3, 0.4) is 0 Å². The smallest absolute Gasteiger partial charge is 0.335 e. The van der Waals surface area contributed by atoms with Gasteiger partial charge in [-0.2, -0.15) is 0 Å². The highest BCUT2D eigenvalue weighted by Crippen LogP contribution is 2.38. The van der Waals surface area contributed by atoms with Gasteiger partial charge in [-0.15, -0.1) is 0 Å². The highest BCUT2D eigenvalue weighted by molar-refractivity contribution is 6.11. The van der Waals surface area contributed by atoms with E-state index in [1.165, 1.54) is 37.5 Å². The fraction of sp³-hybridized carbons (Fsp3) is 0.357. The molecule has 0 unspecified atom stereocenters. The van der Waals surface area contributed by atoms with E-state index in [1.54, 1.807) is 12.1 Å². The van der Waals surface area contributed by atoms with Crippen LogP contribution in [0, 0.1) is 0 Å². The first-order chi connectivity index (χ1) is 17.9. The largest absolute Gasteiger partial charge is 0.508 e. The molecule has 0 aliphatic carbocycles. The first-order valence-electron chi connectivity index (χ1n) is 11.9. The number of allylic oxidation sites excluding steroid dienone is 3. The molecule has 10 heteroatoms. The molecule has 0 amide bonds. The van der Waals surface area contributed by atoms with Crippen molar-refractivity contribution in [2.45, 2.75) is 57.2 Å². The van der Waals surface area contributed by atoms with Crippen LogP contribution in [-0.2, 0) is 22.4 Å². The number of aliphatic hydroxyl groups excluding tert-OH is 3. The zero-order valence-electron chi connectivity index (χ0n) is 21.2. The van der Waals surface area contributed by atoms with E-state index in [-0.39, 0.29) is 35.7 Å². The number of carboxylic acids is 1. The Morgan fingerprint density at radius 2 is 1.68 bits per heavy atom. The van der Waals surface area contributed by atoms with Crippen LogP contribution >= 0.6 is 0 Å². The number of aliphatic hydroxyl groups is 3. The third kappa shape index (κ3) is 6.40. The Morgan fingerprint density at radius 1 is 1.03 bits per heavy atom. The van der Waals surface area contributed by atoms with Gasteiger partial charge in [-0.3, -0.25) is 4.79 Å². The highest BCUT2D eigenvalue weighted by Gasteiger charge is 2.47. The summed E-state index contributed by atoms with van der Waals surface area (Å²) in [5, 5.41) is 60.7. The van der Waals surface area contributed by atoms with Crippen molar-refractivity contribution in [3.8, 4) is 17.2 Å². The summed E-state index contributed by atoms with van der Waals surface area (Å²) >= 11 is 0. The van der Waals surface area contributed by atoms with Gasteiger partial charge in [0.15, 0.2) is 11.9 Å². The highest BCUT2D eigenvalue weighted by atomic mass is 16.6. The van der Waals surface area contributed by atoms with E-state index in [0.717, 1.165) is 5.57 Å². The molecule has 204 valence electrons. The number of aromatic hydroxyl groups is 2. The first-order valence-corrected chi connectivity index (χ1v) is 11.9. The predicted octanol–water partition coefficient (Wildman–Crippen LogP) is 1.99. The summed E-state index contributed by atoms with van der Waals surface area (Å²) in [6.07, 6.45) is -3.55. The average Bonchev–Trinajstić information content (AvgIpc) is 2.87. The van der Waals surface area contributed by atoms with Crippen LogP contribution in [0.2, 0.25) is 0 Å². The summed E-state index contributed by atoms with van der Waals surface area (Å²) < 4.78 is 10.8. The molecule has 3 rings (SSSR count). The van der Waals surface area contributed by atoms with Crippen molar-refractivity contribution in [3.63, 3.8) is 0 Å². The van der Waals surface area contributed by atoms with Crippen LogP contribution in [0.5, 0.6) is 17.2 Å². The lowest BCUT2D eigenvalue weighted by molar-refractivity contribution is -0.227. The van der Waals surface area contributed by atoms with E-state index < -0.39 is 42.3 Å². The Hall–Kier alpha value is -3.70. The van der Waals surface area contributed by atoms with Crippen molar-refractivity contribution in [2.75, 3.05) is 7.11 Å². The molecule has 1 heterocycles. The van der Waals surface area contributed by atoms with Gasteiger partial charge < -0.3 is 40.1 Å². The molecular formula is C28H32O10. The fourth-order valence-electron chi connectivity index (χ4n) is 4.23. The van der Waals surface area contributed by atoms with Gasteiger partial charge in [0.1, 0.15) is 41.1 Å². The zero-order chi connectivity index (χ0) is 28.1. The van der Waals surface area contributed by atoms with Crippen molar-refractivity contribution in [1.82, 2.24) is 0 Å². The number of hydrogen-bond donors (Lipinski definition) is 6. The van der Waals surface area contributed by atoms with Gasteiger partial charge >= 0.3 is 5.97 Å². The molecule has 6 N–H and O–H groups in total. The number of ether oxygens (including phenoxy) is 2. The number of carbonyl (C=O) groups excluding carboxylic acids is 1. The summed E-state index contributed by atoms with van der Waals surface area (Å²) in [7, 11) is 1.32. The molecule has 1 saturated heterocycles. The molecule has 0 spiro atoms. The summed E-state index contributed by atoms with van der Waals surface area (Å²) in [6, 6.07) is 7.68. The van der Waals surface area contributed by atoms with Crippen molar-refractivity contribution < 1.29 is 49.7 Å². The molecular weight excluding hydrogens is 496 g/mol. The molecule has 1 aliphatic rings. The van der Waals surface area contributed by atoms with Gasteiger partial charge in [-0.25, -0.2) is 4.79 Å². The molecule has 38 heavy (non-hydrogen) atoms. The lowest BCUT2D eigenvalue weighted by atomic mass is 9.87. The predicted molar refractivity (Wildman–Crippen MR) is 137 cm³/mol. The maximum absolute atomic E-state index is 13.1. The lowest BCUT2D eigenvalue weighted by Crippen LogP contribution is -2.60. The summed E-state index contributed by atoms with van der Waals surface area (Å²) in [5.74, 6) is -2.27. The second-order valence-electron chi connectivity index (χ2n) is 9.32. The topological polar surface area (TPSA) is 174 Å². The van der Waals surface area contributed by atoms with Crippen LogP contribution in [0.4, 0.5) is 0 Å². The minimum Gasteiger partial charge on any atom is -0.508 e.